The van der Waals surface area contributed by atoms with Gasteiger partial charge in [0.25, 0.3) is 0 Å². The maximum absolute atomic E-state index is 5.77. The minimum absolute atomic E-state index is 0.132. The number of guanidine groups is 1. The number of aromatic nitrogens is 1. The lowest BCUT2D eigenvalue weighted by molar-refractivity contribution is 0.271. The van der Waals surface area contributed by atoms with E-state index in [1.807, 2.05) is 18.3 Å². The van der Waals surface area contributed by atoms with Gasteiger partial charge >= 0.3 is 0 Å². The average molecular weight is 410 g/mol. The molecule has 1 aliphatic heterocycles. The van der Waals surface area contributed by atoms with Crippen molar-refractivity contribution in [2.75, 3.05) is 31.6 Å². The second-order valence-corrected chi connectivity index (χ2v) is 8.28. The second-order valence-electron chi connectivity index (χ2n) is 8.28. The first-order valence-corrected chi connectivity index (χ1v) is 10.9. The molecule has 162 valence electrons. The molecule has 3 rings (SSSR count). The molecule has 2 heterocycles. The molecule has 0 aliphatic carbocycles. The van der Waals surface area contributed by atoms with E-state index in [0.29, 0.717) is 12.5 Å². The first-order valence-electron chi connectivity index (χ1n) is 10.9. The van der Waals surface area contributed by atoms with Gasteiger partial charge in [-0.2, -0.15) is 0 Å². The van der Waals surface area contributed by atoms with E-state index >= 15 is 0 Å². The molecule has 6 heteroatoms. The molecule has 1 aliphatic rings. The zero-order chi connectivity index (χ0) is 21.3. The van der Waals surface area contributed by atoms with Gasteiger partial charge in [0, 0.05) is 32.9 Å². The molecule has 0 bridgehead atoms. The van der Waals surface area contributed by atoms with Gasteiger partial charge < -0.3 is 20.3 Å². The van der Waals surface area contributed by atoms with Crippen molar-refractivity contribution in [1.29, 1.82) is 0 Å². The van der Waals surface area contributed by atoms with Crippen LogP contribution in [0.4, 0.5) is 5.82 Å². The minimum Gasteiger partial charge on any atom is -0.493 e. The molecule has 30 heavy (non-hydrogen) atoms. The van der Waals surface area contributed by atoms with Crippen LogP contribution in [0.1, 0.15) is 50.8 Å². The number of hydrogen-bond acceptors (Lipinski definition) is 4. The molecule has 1 fully saturated rings. The van der Waals surface area contributed by atoms with Crippen molar-refractivity contribution in [3.05, 3.63) is 53.7 Å². The standard InChI is InChI=1S/C24H35N5O/c1-18(2)17-30-22-9-7-21(8-10-22)19(3)28-24(25-4)27-16-20-11-12-26-23(15-20)29-13-5-6-14-29/h7-12,15,18-19H,5-6,13-14,16-17H2,1-4H3,(H2,25,27,28). The third-order valence-corrected chi connectivity index (χ3v) is 5.24. The summed E-state index contributed by atoms with van der Waals surface area (Å²) >= 11 is 0. The molecule has 1 unspecified atom stereocenters. The summed E-state index contributed by atoms with van der Waals surface area (Å²) in [6.45, 7) is 10.1. The molecular weight excluding hydrogens is 374 g/mol. The number of anilines is 1. The van der Waals surface area contributed by atoms with Crippen molar-refractivity contribution in [1.82, 2.24) is 15.6 Å². The lowest BCUT2D eigenvalue weighted by Gasteiger charge is -2.20. The third-order valence-electron chi connectivity index (χ3n) is 5.24. The maximum atomic E-state index is 5.77. The molecule has 1 aromatic heterocycles. The summed E-state index contributed by atoms with van der Waals surface area (Å²) < 4.78 is 5.77. The van der Waals surface area contributed by atoms with E-state index in [9.17, 15) is 0 Å². The van der Waals surface area contributed by atoms with Crippen LogP contribution in [-0.4, -0.2) is 37.7 Å². The van der Waals surface area contributed by atoms with Crippen LogP contribution in [0, 0.1) is 5.92 Å². The molecule has 0 spiro atoms. The lowest BCUT2D eigenvalue weighted by Crippen LogP contribution is -2.38. The predicted molar refractivity (Wildman–Crippen MR) is 124 cm³/mol. The van der Waals surface area contributed by atoms with Crippen LogP contribution in [0.15, 0.2) is 47.6 Å². The Morgan fingerprint density at radius 1 is 1.13 bits per heavy atom. The molecule has 0 saturated carbocycles. The van der Waals surface area contributed by atoms with E-state index in [2.05, 4.69) is 70.5 Å². The Hall–Kier alpha value is -2.76. The van der Waals surface area contributed by atoms with E-state index in [0.717, 1.165) is 37.2 Å². The number of benzene rings is 1. The van der Waals surface area contributed by atoms with Crippen molar-refractivity contribution >= 4 is 11.8 Å². The number of nitrogens with zero attached hydrogens (tertiary/aromatic N) is 3. The number of nitrogens with one attached hydrogen (secondary N) is 2. The third kappa shape index (κ3) is 6.37. The molecular formula is C24H35N5O. The Morgan fingerprint density at radius 3 is 2.53 bits per heavy atom. The molecule has 0 radical (unpaired) electrons. The quantitative estimate of drug-likeness (QED) is 0.507. The van der Waals surface area contributed by atoms with Crippen LogP contribution < -0.4 is 20.3 Å². The zero-order valence-electron chi connectivity index (χ0n) is 18.7. The van der Waals surface area contributed by atoms with E-state index in [4.69, 9.17) is 4.74 Å². The number of pyridine rings is 1. The summed E-state index contributed by atoms with van der Waals surface area (Å²) in [5, 5.41) is 6.88. The van der Waals surface area contributed by atoms with Gasteiger partial charge in [0.15, 0.2) is 5.96 Å². The van der Waals surface area contributed by atoms with E-state index in [1.54, 1.807) is 7.05 Å². The van der Waals surface area contributed by atoms with Crippen molar-refractivity contribution < 1.29 is 4.74 Å². The molecule has 2 aromatic rings. The van der Waals surface area contributed by atoms with Crippen molar-refractivity contribution in [2.45, 2.75) is 46.2 Å². The highest BCUT2D eigenvalue weighted by Gasteiger charge is 2.14. The fourth-order valence-corrected chi connectivity index (χ4v) is 3.47. The summed E-state index contributed by atoms with van der Waals surface area (Å²) in [7, 11) is 1.80. The van der Waals surface area contributed by atoms with Crippen molar-refractivity contribution in [2.24, 2.45) is 10.9 Å². The number of aliphatic imine (C=N–C) groups is 1. The second kappa shape index (κ2) is 10.9. The maximum Gasteiger partial charge on any atom is 0.191 e. The first kappa shape index (κ1) is 21.9. The summed E-state index contributed by atoms with van der Waals surface area (Å²) in [4.78, 5) is 11.3. The van der Waals surface area contributed by atoms with Gasteiger partial charge in [0.05, 0.1) is 12.6 Å². The Labute approximate surface area is 180 Å². The Morgan fingerprint density at radius 2 is 1.87 bits per heavy atom. The highest BCUT2D eigenvalue weighted by Crippen LogP contribution is 2.19. The molecule has 2 N–H and O–H groups in total. The van der Waals surface area contributed by atoms with Crippen LogP contribution in [0.5, 0.6) is 5.75 Å². The summed E-state index contributed by atoms with van der Waals surface area (Å²) in [5.74, 6) is 3.28. The van der Waals surface area contributed by atoms with Gasteiger partial charge in [-0.1, -0.05) is 26.0 Å². The Bertz CT molecular complexity index is 813. The highest BCUT2D eigenvalue weighted by molar-refractivity contribution is 5.80. The summed E-state index contributed by atoms with van der Waals surface area (Å²) in [6, 6.07) is 12.6. The normalized spacial score (nSPS) is 15.4. The molecule has 0 amide bonds. The van der Waals surface area contributed by atoms with Gasteiger partial charge in [-0.3, -0.25) is 4.99 Å². The first-order chi connectivity index (χ1) is 14.5. The predicted octanol–water partition coefficient (Wildman–Crippen LogP) is 4.14. The highest BCUT2D eigenvalue weighted by atomic mass is 16.5. The average Bonchev–Trinajstić information content (AvgIpc) is 3.30. The largest absolute Gasteiger partial charge is 0.493 e. The van der Waals surface area contributed by atoms with Crippen LogP contribution in [0.2, 0.25) is 0 Å². The van der Waals surface area contributed by atoms with Crippen LogP contribution in [-0.2, 0) is 6.54 Å². The van der Waals surface area contributed by atoms with E-state index < -0.39 is 0 Å². The Balaban J connectivity index is 1.52. The van der Waals surface area contributed by atoms with E-state index in [-0.39, 0.29) is 6.04 Å². The fraction of sp³-hybridized carbons (Fsp3) is 0.500. The van der Waals surface area contributed by atoms with Gasteiger partial charge in [-0.15, -0.1) is 0 Å². The Kier molecular flexibility index (Phi) is 7.94. The van der Waals surface area contributed by atoms with Gasteiger partial charge in [-0.25, -0.2) is 4.98 Å². The SMILES string of the molecule is CN=C(NCc1ccnc(N2CCCC2)c1)NC(C)c1ccc(OCC(C)C)cc1. The smallest absolute Gasteiger partial charge is 0.191 e. The van der Waals surface area contributed by atoms with Crippen LogP contribution in [0.25, 0.3) is 0 Å². The summed E-state index contributed by atoms with van der Waals surface area (Å²) in [5.41, 5.74) is 2.39. The topological polar surface area (TPSA) is 61.8 Å². The molecule has 1 aromatic carbocycles. The van der Waals surface area contributed by atoms with Crippen molar-refractivity contribution in [3.63, 3.8) is 0 Å². The number of rotatable bonds is 8. The molecule has 6 nitrogen and oxygen atoms in total. The summed E-state index contributed by atoms with van der Waals surface area (Å²) in [6.07, 6.45) is 4.40. The van der Waals surface area contributed by atoms with Crippen molar-refractivity contribution in [3.8, 4) is 5.75 Å². The molecule has 1 atom stereocenters. The van der Waals surface area contributed by atoms with E-state index in [1.165, 1.54) is 24.0 Å². The van der Waals surface area contributed by atoms with Crippen LogP contribution in [0.3, 0.4) is 0 Å². The van der Waals surface area contributed by atoms with Gasteiger partial charge in [0.2, 0.25) is 0 Å². The number of ether oxygens (including phenoxy) is 1. The lowest BCUT2D eigenvalue weighted by atomic mass is 10.1. The van der Waals surface area contributed by atoms with Gasteiger partial charge in [-0.05, 0) is 61.1 Å². The van der Waals surface area contributed by atoms with Crippen LogP contribution >= 0.6 is 0 Å². The monoisotopic (exact) mass is 409 g/mol. The molecule has 1 saturated heterocycles. The van der Waals surface area contributed by atoms with Gasteiger partial charge in [0.1, 0.15) is 11.6 Å². The number of hydrogen-bond donors (Lipinski definition) is 2. The fourth-order valence-electron chi connectivity index (χ4n) is 3.47. The minimum atomic E-state index is 0.132. The zero-order valence-corrected chi connectivity index (χ0v) is 18.7.